The number of aromatic nitrogens is 3. The maximum Gasteiger partial charge on any atom is 0.101 e. The van der Waals surface area contributed by atoms with Gasteiger partial charge in [0.05, 0.1) is 12.2 Å². The lowest BCUT2D eigenvalue weighted by molar-refractivity contribution is 0.434. The fourth-order valence-electron chi connectivity index (χ4n) is 1.30. The summed E-state index contributed by atoms with van der Waals surface area (Å²) in [6, 6.07) is 0. The first-order valence-electron chi connectivity index (χ1n) is 3.74. The Morgan fingerprint density at radius 1 is 1.67 bits per heavy atom. The van der Waals surface area contributed by atoms with Gasteiger partial charge < -0.3 is 0 Å². The molecule has 12 heavy (non-hydrogen) atoms. The number of nitrogens with zero attached hydrogens (tertiary/aromatic N) is 3. The number of H-pyrrole nitrogens is 1. The molecule has 1 atom stereocenters. The Bertz CT molecular complexity index is 308. The lowest BCUT2D eigenvalue weighted by Gasteiger charge is -2.24. The van der Waals surface area contributed by atoms with E-state index in [0.717, 1.165) is 25.2 Å². The van der Waals surface area contributed by atoms with Gasteiger partial charge in [0, 0.05) is 19.2 Å². The molecule has 1 N–H and O–H groups in total. The van der Waals surface area contributed by atoms with E-state index in [2.05, 4.69) is 26.0 Å². The summed E-state index contributed by atoms with van der Waals surface area (Å²) in [6.45, 7) is 1.88. The van der Waals surface area contributed by atoms with Crippen molar-refractivity contribution in [3.63, 3.8) is 0 Å². The third-order valence-corrected chi connectivity index (χ3v) is 3.68. The van der Waals surface area contributed by atoms with Gasteiger partial charge in [-0.3, -0.25) is 5.10 Å². The van der Waals surface area contributed by atoms with Crippen molar-refractivity contribution < 1.29 is 0 Å². The van der Waals surface area contributed by atoms with Gasteiger partial charge in [0.25, 0.3) is 0 Å². The van der Waals surface area contributed by atoms with Crippen LogP contribution in [0, 0.1) is 0 Å². The van der Waals surface area contributed by atoms with Crippen LogP contribution in [0.25, 0.3) is 0 Å². The molecule has 2 heterocycles. The molecule has 1 aliphatic heterocycles. The Kier molecular flexibility index (Phi) is 2.20. The van der Waals surface area contributed by atoms with Crippen LogP contribution in [0.1, 0.15) is 11.4 Å². The van der Waals surface area contributed by atoms with Crippen molar-refractivity contribution in [2.24, 2.45) is 0 Å². The summed E-state index contributed by atoms with van der Waals surface area (Å²) in [7, 11) is -0.0584. The number of rotatable bonds is 1. The largest absolute Gasteiger partial charge is 0.262 e. The molecule has 0 spiro atoms. The van der Waals surface area contributed by atoms with E-state index in [1.54, 1.807) is 0 Å². The van der Waals surface area contributed by atoms with Gasteiger partial charge in [-0.05, 0) is 11.2 Å². The smallest absolute Gasteiger partial charge is 0.101 e. The second kappa shape index (κ2) is 3.20. The summed E-state index contributed by atoms with van der Waals surface area (Å²) in [4.78, 5) is 0. The Morgan fingerprint density at radius 3 is 3.25 bits per heavy atom. The molecule has 0 bridgehead atoms. The van der Waals surface area contributed by atoms with Crippen LogP contribution in [0.2, 0.25) is 0 Å². The zero-order valence-corrected chi connectivity index (χ0v) is 8.41. The second-order valence-electron chi connectivity index (χ2n) is 2.77. The topological polar surface area (TPSA) is 44.8 Å². The molecule has 1 unspecified atom stereocenters. The fourth-order valence-corrected chi connectivity index (χ4v) is 2.33. The number of aromatic amines is 1. The quantitative estimate of drug-likeness (QED) is 0.684. The summed E-state index contributed by atoms with van der Waals surface area (Å²) < 4.78 is 2.25. The van der Waals surface area contributed by atoms with Crippen LogP contribution in [0.15, 0.2) is 0 Å². The highest BCUT2D eigenvalue weighted by atomic mass is 32.8. The van der Waals surface area contributed by atoms with Crippen molar-refractivity contribution in [3.8, 4) is 0 Å². The monoisotopic (exact) mass is 202 g/mol. The van der Waals surface area contributed by atoms with Crippen molar-refractivity contribution in [3.05, 3.63) is 11.4 Å². The first-order valence-corrected chi connectivity index (χ1v) is 6.26. The van der Waals surface area contributed by atoms with Crippen molar-refractivity contribution in [2.75, 3.05) is 12.8 Å². The lowest BCUT2D eigenvalue weighted by atomic mass is 10.2. The van der Waals surface area contributed by atoms with Gasteiger partial charge in [-0.2, -0.15) is 0 Å². The molecule has 1 aromatic rings. The van der Waals surface area contributed by atoms with Gasteiger partial charge in [0.15, 0.2) is 0 Å². The van der Waals surface area contributed by atoms with Crippen molar-refractivity contribution in [2.45, 2.75) is 13.0 Å². The van der Waals surface area contributed by atoms with Crippen LogP contribution in [0.3, 0.4) is 0 Å². The Labute approximate surface area is 78.1 Å². The molecule has 1 aromatic heterocycles. The molecule has 2 rings (SSSR count). The molecule has 1 aliphatic rings. The van der Waals surface area contributed by atoms with E-state index in [-0.39, 0.29) is 9.64 Å². The lowest BCUT2D eigenvalue weighted by Crippen LogP contribution is -2.31. The zero-order chi connectivity index (χ0) is 8.55. The molecule has 66 valence electrons. The van der Waals surface area contributed by atoms with Gasteiger partial charge in [-0.15, -0.1) is 5.10 Å². The molecule has 0 radical (unpaired) electrons. The molecule has 6 heteroatoms. The van der Waals surface area contributed by atoms with Gasteiger partial charge in [-0.1, -0.05) is 14.9 Å². The van der Waals surface area contributed by atoms with Gasteiger partial charge >= 0.3 is 0 Å². The third kappa shape index (κ3) is 1.41. The minimum Gasteiger partial charge on any atom is -0.262 e. The number of fused-ring (bicyclic) bond motifs is 1. The number of hydrogen-bond donors (Lipinski definition) is 1. The van der Waals surface area contributed by atoms with Crippen molar-refractivity contribution in [1.82, 2.24) is 19.7 Å². The maximum atomic E-state index is 5.20. The first kappa shape index (κ1) is 8.28. The summed E-state index contributed by atoms with van der Waals surface area (Å²) in [5.41, 5.74) is 2.23. The van der Waals surface area contributed by atoms with Crippen LogP contribution < -0.4 is 0 Å². The number of nitrogens with one attached hydrogen (secondary N) is 1. The Morgan fingerprint density at radius 2 is 2.50 bits per heavy atom. The van der Waals surface area contributed by atoms with Crippen LogP contribution in [-0.2, 0) is 33.8 Å². The Hall–Kier alpha value is -0.330. The van der Waals surface area contributed by atoms with E-state index >= 15 is 0 Å². The highest BCUT2D eigenvalue weighted by molar-refractivity contribution is 8.27. The average molecular weight is 202 g/mol. The molecule has 0 saturated carbocycles. The van der Waals surface area contributed by atoms with E-state index < -0.39 is 0 Å². The summed E-state index contributed by atoms with van der Waals surface area (Å²) >= 11 is 5.20. The normalized spacial score (nSPS) is 20.4. The molecule has 0 saturated heterocycles. The molecular weight excluding hydrogens is 192 g/mol. The SMILES string of the molecule is CS(=S)N1CCc2[nH]nnc2C1. The highest BCUT2D eigenvalue weighted by Crippen LogP contribution is 2.14. The van der Waals surface area contributed by atoms with Gasteiger partial charge in [0.2, 0.25) is 0 Å². The van der Waals surface area contributed by atoms with E-state index in [1.807, 2.05) is 0 Å². The minimum absolute atomic E-state index is 0.0584. The molecule has 0 fully saturated rings. The van der Waals surface area contributed by atoms with Crippen LogP contribution >= 0.6 is 0 Å². The minimum atomic E-state index is -0.0584. The predicted octanol–water partition coefficient (Wildman–Crippen LogP) is -0.212. The first-order chi connectivity index (χ1) is 5.77. The molecule has 4 nitrogen and oxygen atoms in total. The standard InChI is InChI=1S/C6H10N4S2/c1-12(11)10-3-2-5-6(4-10)8-9-7-5/h2-4H2,1H3,(H,7,8,9). The summed E-state index contributed by atoms with van der Waals surface area (Å²) in [5.74, 6) is 0. The van der Waals surface area contributed by atoms with E-state index in [0.29, 0.717) is 0 Å². The zero-order valence-electron chi connectivity index (χ0n) is 6.78. The molecular formula is C6H10N4S2. The van der Waals surface area contributed by atoms with E-state index in [4.69, 9.17) is 11.2 Å². The summed E-state index contributed by atoms with van der Waals surface area (Å²) in [6.07, 6.45) is 3.05. The van der Waals surface area contributed by atoms with Crippen LogP contribution in [-0.4, -0.2) is 32.5 Å². The third-order valence-electron chi connectivity index (χ3n) is 2.00. The average Bonchev–Trinajstić information content (AvgIpc) is 2.49. The summed E-state index contributed by atoms with van der Waals surface area (Å²) in [5, 5.41) is 10.7. The predicted molar refractivity (Wildman–Crippen MR) is 51.2 cm³/mol. The Balaban J connectivity index is 2.20. The molecule has 0 amide bonds. The second-order valence-corrected chi connectivity index (χ2v) is 5.59. The van der Waals surface area contributed by atoms with Gasteiger partial charge in [-0.25, -0.2) is 4.31 Å². The van der Waals surface area contributed by atoms with Gasteiger partial charge in [0.1, 0.15) is 5.69 Å². The molecule has 0 aliphatic carbocycles. The number of hydrogen-bond acceptors (Lipinski definition) is 3. The van der Waals surface area contributed by atoms with E-state index in [9.17, 15) is 0 Å². The van der Waals surface area contributed by atoms with E-state index in [1.165, 1.54) is 5.69 Å². The maximum absolute atomic E-state index is 5.20. The van der Waals surface area contributed by atoms with Crippen molar-refractivity contribution >= 4 is 20.8 Å². The highest BCUT2D eigenvalue weighted by Gasteiger charge is 2.19. The molecule has 0 aromatic carbocycles. The van der Waals surface area contributed by atoms with Crippen molar-refractivity contribution in [1.29, 1.82) is 0 Å². The van der Waals surface area contributed by atoms with Crippen LogP contribution in [0.5, 0.6) is 0 Å². The fraction of sp³-hybridized carbons (Fsp3) is 0.667. The van der Waals surface area contributed by atoms with Crippen LogP contribution in [0.4, 0.5) is 0 Å².